The van der Waals surface area contributed by atoms with Gasteiger partial charge >= 0.3 is 0 Å². The van der Waals surface area contributed by atoms with E-state index in [1.807, 2.05) is 23.0 Å². The smallest absolute Gasteiger partial charge is 0.148 e. The third-order valence-corrected chi connectivity index (χ3v) is 7.70. The zero-order valence-corrected chi connectivity index (χ0v) is 20.4. The summed E-state index contributed by atoms with van der Waals surface area (Å²) >= 11 is 7.48. The molecule has 0 unspecified atom stereocenters. The maximum atomic E-state index is 13.5. The lowest BCUT2D eigenvalue weighted by atomic mass is 10.1. The largest absolute Gasteiger partial charge is 0.340 e. The molecule has 0 aliphatic carbocycles. The standard InChI is InChI=1S/C22H20ClFN6O2S2/c1-34(31,32)9-7-25-6-8-30-11-15-18(29-30)5-3-14-19-21(26-12-27-22(19)33-20(14)15)28-13-2-4-17(24)16(23)10-13/h2-5,10-12,25H,6-9H2,1H3,(H,26,27,28). The second-order valence-corrected chi connectivity index (χ2v) is 11.6. The van der Waals surface area contributed by atoms with Crippen molar-refractivity contribution in [2.75, 3.05) is 30.4 Å². The van der Waals surface area contributed by atoms with Crippen LogP contribution >= 0.6 is 22.9 Å². The minimum Gasteiger partial charge on any atom is -0.340 e. The van der Waals surface area contributed by atoms with Crippen LogP contribution in [0.3, 0.4) is 0 Å². The van der Waals surface area contributed by atoms with Gasteiger partial charge in [0.05, 0.1) is 28.2 Å². The third-order valence-electron chi connectivity index (χ3n) is 5.32. The van der Waals surface area contributed by atoms with Crippen LogP contribution in [-0.4, -0.2) is 53.3 Å². The first-order valence-corrected chi connectivity index (χ1v) is 13.7. The number of halogens is 2. The number of sulfone groups is 1. The molecule has 0 aliphatic rings. The molecule has 0 fully saturated rings. The van der Waals surface area contributed by atoms with Gasteiger partial charge in [-0.1, -0.05) is 17.7 Å². The normalized spacial score (nSPS) is 12.2. The van der Waals surface area contributed by atoms with Crippen LogP contribution in [0.5, 0.6) is 0 Å². The molecular formula is C22H20ClFN6O2S2. The van der Waals surface area contributed by atoms with Gasteiger partial charge in [0, 0.05) is 46.7 Å². The molecule has 2 N–H and O–H groups in total. The Hall–Kier alpha value is -2.86. The van der Waals surface area contributed by atoms with Gasteiger partial charge < -0.3 is 10.6 Å². The molecule has 0 bridgehead atoms. The van der Waals surface area contributed by atoms with Gasteiger partial charge in [-0.15, -0.1) is 11.3 Å². The topological polar surface area (TPSA) is 102 Å². The summed E-state index contributed by atoms with van der Waals surface area (Å²) in [5.74, 6) is 0.240. The van der Waals surface area contributed by atoms with Crippen molar-refractivity contribution in [2.24, 2.45) is 0 Å². The Balaban J connectivity index is 1.45. The number of aromatic nitrogens is 4. The minimum atomic E-state index is -2.98. The van der Waals surface area contributed by atoms with Crippen molar-refractivity contribution in [1.82, 2.24) is 25.1 Å². The summed E-state index contributed by atoms with van der Waals surface area (Å²) in [5, 5.41) is 13.9. The quantitative estimate of drug-likeness (QED) is 0.294. The number of anilines is 2. The molecule has 0 atom stereocenters. The maximum Gasteiger partial charge on any atom is 0.148 e. The zero-order valence-electron chi connectivity index (χ0n) is 18.0. The van der Waals surface area contributed by atoms with E-state index in [2.05, 4.69) is 25.7 Å². The molecule has 176 valence electrons. The van der Waals surface area contributed by atoms with Crippen molar-refractivity contribution in [3.05, 3.63) is 53.7 Å². The molecule has 0 radical (unpaired) electrons. The Kier molecular flexibility index (Phi) is 6.11. The van der Waals surface area contributed by atoms with Crippen LogP contribution in [0.1, 0.15) is 0 Å². The van der Waals surface area contributed by atoms with E-state index in [1.165, 1.54) is 24.7 Å². The molecule has 2 aromatic carbocycles. The van der Waals surface area contributed by atoms with E-state index in [4.69, 9.17) is 11.6 Å². The first kappa shape index (κ1) is 22.9. The average Bonchev–Trinajstić information content (AvgIpc) is 3.36. The minimum absolute atomic E-state index is 0.0328. The molecule has 5 aromatic rings. The number of fused-ring (bicyclic) bond motifs is 5. The number of nitrogens with one attached hydrogen (secondary N) is 2. The van der Waals surface area contributed by atoms with Gasteiger partial charge in [0.25, 0.3) is 0 Å². The Morgan fingerprint density at radius 1 is 1.15 bits per heavy atom. The van der Waals surface area contributed by atoms with Gasteiger partial charge in [0.2, 0.25) is 0 Å². The highest BCUT2D eigenvalue weighted by molar-refractivity contribution is 7.90. The fourth-order valence-electron chi connectivity index (χ4n) is 3.71. The van der Waals surface area contributed by atoms with E-state index in [-0.39, 0.29) is 10.8 Å². The second kappa shape index (κ2) is 9.06. The molecule has 3 aromatic heterocycles. The molecule has 34 heavy (non-hydrogen) atoms. The molecule has 0 amide bonds. The van der Waals surface area contributed by atoms with Crippen molar-refractivity contribution in [2.45, 2.75) is 6.54 Å². The highest BCUT2D eigenvalue weighted by Crippen LogP contribution is 2.40. The van der Waals surface area contributed by atoms with Gasteiger partial charge in [0.1, 0.15) is 32.6 Å². The van der Waals surface area contributed by atoms with Gasteiger partial charge in [-0.3, -0.25) is 4.68 Å². The van der Waals surface area contributed by atoms with E-state index in [1.54, 1.807) is 17.4 Å². The SMILES string of the molecule is CS(=O)(=O)CCNCCn1cc2c(ccc3c2sc2ncnc(Nc4ccc(F)c(Cl)c4)c23)n1. The predicted molar refractivity (Wildman–Crippen MR) is 135 cm³/mol. The van der Waals surface area contributed by atoms with Crippen LogP contribution in [-0.2, 0) is 16.4 Å². The Bertz CT molecular complexity index is 1630. The first-order valence-electron chi connectivity index (χ1n) is 10.4. The zero-order chi connectivity index (χ0) is 23.9. The van der Waals surface area contributed by atoms with Crippen molar-refractivity contribution >= 4 is 75.5 Å². The fourth-order valence-corrected chi connectivity index (χ4v) is 5.55. The van der Waals surface area contributed by atoms with Gasteiger partial charge in [0.15, 0.2) is 0 Å². The molecule has 0 aliphatic heterocycles. The van der Waals surface area contributed by atoms with Gasteiger partial charge in [-0.05, 0) is 24.3 Å². The summed E-state index contributed by atoms with van der Waals surface area (Å²) in [6, 6.07) is 8.40. The van der Waals surface area contributed by atoms with E-state index >= 15 is 0 Å². The molecule has 0 saturated heterocycles. The molecule has 12 heteroatoms. The maximum absolute atomic E-state index is 13.5. The molecule has 0 saturated carbocycles. The van der Waals surface area contributed by atoms with Gasteiger partial charge in [-0.25, -0.2) is 22.8 Å². The summed E-state index contributed by atoms with van der Waals surface area (Å²) in [4.78, 5) is 9.69. The summed E-state index contributed by atoms with van der Waals surface area (Å²) in [5.41, 5.74) is 1.49. The lowest BCUT2D eigenvalue weighted by molar-refractivity contribution is 0.563. The number of benzene rings is 2. The number of rotatable bonds is 8. The van der Waals surface area contributed by atoms with Crippen LogP contribution in [0.25, 0.3) is 31.2 Å². The summed E-state index contributed by atoms with van der Waals surface area (Å²) in [6.45, 7) is 1.63. The molecule has 3 heterocycles. The average molecular weight is 519 g/mol. The van der Waals surface area contributed by atoms with Crippen molar-refractivity contribution < 1.29 is 12.8 Å². The van der Waals surface area contributed by atoms with Crippen LogP contribution in [0.15, 0.2) is 42.9 Å². The van der Waals surface area contributed by atoms with Crippen LogP contribution in [0.4, 0.5) is 15.9 Å². The lowest BCUT2D eigenvalue weighted by Crippen LogP contribution is -2.25. The lowest BCUT2D eigenvalue weighted by Gasteiger charge is -2.07. The second-order valence-electron chi connectivity index (χ2n) is 7.91. The third kappa shape index (κ3) is 4.69. The highest BCUT2D eigenvalue weighted by atomic mass is 35.5. The summed E-state index contributed by atoms with van der Waals surface area (Å²) < 4.78 is 38.9. The number of hydrogen-bond acceptors (Lipinski definition) is 8. The Morgan fingerprint density at radius 3 is 2.79 bits per heavy atom. The Labute approximate surface area is 203 Å². The highest BCUT2D eigenvalue weighted by Gasteiger charge is 2.16. The van der Waals surface area contributed by atoms with Crippen LogP contribution < -0.4 is 10.6 Å². The summed E-state index contributed by atoms with van der Waals surface area (Å²) in [6.07, 6.45) is 4.71. The first-order chi connectivity index (χ1) is 16.3. The molecule has 0 spiro atoms. The summed E-state index contributed by atoms with van der Waals surface area (Å²) in [7, 11) is -2.98. The molecule has 8 nitrogen and oxygen atoms in total. The van der Waals surface area contributed by atoms with E-state index < -0.39 is 15.7 Å². The number of hydrogen-bond donors (Lipinski definition) is 2. The van der Waals surface area contributed by atoms with E-state index in [0.29, 0.717) is 31.1 Å². The van der Waals surface area contributed by atoms with Crippen molar-refractivity contribution in [3.63, 3.8) is 0 Å². The molecular weight excluding hydrogens is 499 g/mol. The Morgan fingerprint density at radius 2 is 2.00 bits per heavy atom. The van der Waals surface area contributed by atoms with Gasteiger partial charge in [-0.2, -0.15) is 5.10 Å². The predicted octanol–water partition coefficient (Wildman–Crippen LogP) is 4.36. The number of nitrogens with zero attached hydrogens (tertiary/aromatic N) is 4. The van der Waals surface area contributed by atoms with Crippen LogP contribution in [0.2, 0.25) is 5.02 Å². The monoisotopic (exact) mass is 518 g/mol. The van der Waals surface area contributed by atoms with E-state index in [9.17, 15) is 12.8 Å². The molecule has 5 rings (SSSR count). The van der Waals surface area contributed by atoms with Crippen molar-refractivity contribution in [1.29, 1.82) is 0 Å². The van der Waals surface area contributed by atoms with E-state index in [0.717, 1.165) is 31.2 Å². The van der Waals surface area contributed by atoms with Crippen LogP contribution in [0, 0.1) is 5.82 Å². The number of thiophene rings is 1. The fraction of sp³-hybridized carbons (Fsp3) is 0.227. The van der Waals surface area contributed by atoms with Crippen molar-refractivity contribution in [3.8, 4) is 0 Å².